The van der Waals surface area contributed by atoms with Gasteiger partial charge in [-0.05, 0) is 44.6 Å². The number of morpholine rings is 1. The molecule has 8 heteroatoms. The van der Waals surface area contributed by atoms with Gasteiger partial charge in [0.05, 0.1) is 25.2 Å². The standard InChI is InChI=1S/C21H33N5O3/c27-19(22-9-11-25-12-14-29-15-13-25)17-2-4-18(5-3-17)24-20(28)21(6-7-21)16-26-10-1-8-23-26/h1,8,10,17-18H,2-7,9,11-16H2,(H,22,27)(H,24,28). The average molecular weight is 404 g/mol. The molecular formula is C21H33N5O3. The molecule has 1 aromatic heterocycles. The van der Waals surface area contributed by atoms with Crippen LogP contribution in [0.5, 0.6) is 0 Å². The van der Waals surface area contributed by atoms with E-state index in [-0.39, 0.29) is 29.2 Å². The Hall–Kier alpha value is -1.93. The summed E-state index contributed by atoms with van der Waals surface area (Å²) in [5.41, 5.74) is -0.278. The number of ether oxygens (including phenoxy) is 1. The normalized spacial score (nSPS) is 26.6. The molecule has 0 bridgehead atoms. The lowest BCUT2D eigenvalue weighted by Gasteiger charge is -2.30. The molecule has 2 aliphatic carbocycles. The molecule has 0 aromatic carbocycles. The van der Waals surface area contributed by atoms with Gasteiger partial charge in [-0.25, -0.2) is 0 Å². The van der Waals surface area contributed by atoms with Crippen LogP contribution in [-0.4, -0.2) is 71.9 Å². The molecular weight excluding hydrogens is 370 g/mol. The molecule has 29 heavy (non-hydrogen) atoms. The monoisotopic (exact) mass is 403 g/mol. The van der Waals surface area contributed by atoms with Gasteiger partial charge in [0.15, 0.2) is 0 Å². The highest BCUT2D eigenvalue weighted by molar-refractivity contribution is 5.85. The number of rotatable bonds is 8. The number of aromatic nitrogens is 2. The quantitative estimate of drug-likeness (QED) is 0.670. The Morgan fingerprint density at radius 1 is 1.14 bits per heavy atom. The highest BCUT2D eigenvalue weighted by atomic mass is 16.5. The third-order valence-corrected chi connectivity index (χ3v) is 6.62. The van der Waals surface area contributed by atoms with Gasteiger partial charge < -0.3 is 15.4 Å². The number of nitrogens with zero attached hydrogens (tertiary/aromatic N) is 3. The van der Waals surface area contributed by atoms with Gasteiger partial charge in [-0.2, -0.15) is 5.10 Å². The second kappa shape index (κ2) is 9.26. The summed E-state index contributed by atoms with van der Waals surface area (Å²) in [7, 11) is 0. The molecule has 0 atom stereocenters. The summed E-state index contributed by atoms with van der Waals surface area (Å²) in [4.78, 5) is 27.6. The molecule has 3 aliphatic rings. The van der Waals surface area contributed by atoms with Crippen LogP contribution < -0.4 is 10.6 Å². The summed E-state index contributed by atoms with van der Waals surface area (Å²) in [5, 5.41) is 10.6. The lowest BCUT2D eigenvalue weighted by Crippen LogP contribution is -2.45. The Morgan fingerprint density at radius 2 is 1.90 bits per heavy atom. The molecule has 1 aliphatic heterocycles. The molecule has 0 radical (unpaired) electrons. The van der Waals surface area contributed by atoms with E-state index in [1.165, 1.54) is 0 Å². The smallest absolute Gasteiger partial charge is 0.228 e. The topological polar surface area (TPSA) is 88.5 Å². The average Bonchev–Trinajstić information content (AvgIpc) is 3.35. The fraction of sp³-hybridized carbons (Fsp3) is 0.762. The van der Waals surface area contributed by atoms with Crippen molar-refractivity contribution in [3.05, 3.63) is 18.5 Å². The summed E-state index contributed by atoms with van der Waals surface area (Å²) in [6, 6.07) is 2.08. The lowest BCUT2D eigenvalue weighted by molar-refractivity contribution is -0.128. The zero-order valence-electron chi connectivity index (χ0n) is 17.1. The molecule has 160 valence electrons. The predicted molar refractivity (Wildman–Crippen MR) is 108 cm³/mol. The van der Waals surface area contributed by atoms with Crippen LogP contribution in [0.1, 0.15) is 38.5 Å². The van der Waals surface area contributed by atoms with E-state index < -0.39 is 0 Å². The second-order valence-corrected chi connectivity index (χ2v) is 8.75. The van der Waals surface area contributed by atoms with Crippen molar-refractivity contribution in [1.29, 1.82) is 0 Å². The largest absolute Gasteiger partial charge is 0.379 e. The molecule has 2 saturated carbocycles. The van der Waals surface area contributed by atoms with Gasteiger partial charge in [-0.1, -0.05) is 0 Å². The van der Waals surface area contributed by atoms with E-state index in [1.54, 1.807) is 6.20 Å². The number of nitrogens with one attached hydrogen (secondary N) is 2. The Labute approximate surface area is 172 Å². The Balaban J connectivity index is 1.14. The van der Waals surface area contributed by atoms with Crippen molar-refractivity contribution in [1.82, 2.24) is 25.3 Å². The zero-order valence-corrected chi connectivity index (χ0v) is 17.1. The maximum absolute atomic E-state index is 12.8. The molecule has 8 nitrogen and oxygen atoms in total. The van der Waals surface area contributed by atoms with E-state index in [2.05, 4.69) is 20.6 Å². The van der Waals surface area contributed by atoms with Crippen LogP contribution in [0.3, 0.4) is 0 Å². The number of carbonyl (C=O) groups excluding carboxylic acids is 2. The third kappa shape index (κ3) is 5.36. The number of carbonyl (C=O) groups is 2. The first-order valence-corrected chi connectivity index (χ1v) is 11.0. The van der Waals surface area contributed by atoms with Crippen LogP contribution in [0.4, 0.5) is 0 Å². The van der Waals surface area contributed by atoms with Gasteiger partial charge in [0, 0.05) is 50.5 Å². The summed E-state index contributed by atoms with van der Waals surface area (Å²) >= 11 is 0. The van der Waals surface area contributed by atoms with Crippen molar-refractivity contribution >= 4 is 11.8 Å². The van der Waals surface area contributed by atoms with Crippen molar-refractivity contribution in [2.75, 3.05) is 39.4 Å². The zero-order chi connectivity index (χ0) is 20.1. The molecule has 1 aromatic rings. The lowest BCUT2D eigenvalue weighted by atomic mass is 9.85. The second-order valence-electron chi connectivity index (χ2n) is 8.75. The number of hydrogen-bond acceptors (Lipinski definition) is 5. The summed E-state index contributed by atoms with van der Waals surface area (Å²) in [5.74, 6) is 0.401. The van der Waals surface area contributed by atoms with Gasteiger partial charge in [0.25, 0.3) is 0 Å². The van der Waals surface area contributed by atoms with E-state index in [9.17, 15) is 9.59 Å². The van der Waals surface area contributed by atoms with Crippen LogP contribution >= 0.6 is 0 Å². The van der Waals surface area contributed by atoms with Crippen molar-refractivity contribution in [2.24, 2.45) is 11.3 Å². The van der Waals surface area contributed by atoms with Gasteiger partial charge in [-0.15, -0.1) is 0 Å². The third-order valence-electron chi connectivity index (χ3n) is 6.62. The molecule has 1 saturated heterocycles. The van der Waals surface area contributed by atoms with E-state index in [1.807, 2.05) is 16.9 Å². The van der Waals surface area contributed by atoms with Crippen molar-refractivity contribution in [3.63, 3.8) is 0 Å². The fourth-order valence-corrected chi connectivity index (χ4v) is 4.46. The molecule has 0 spiro atoms. The van der Waals surface area contributed by atoms with Gasteiger partial charge in [0.1, 0.15) is 0 Å². The van der Waals surface area contributed by atoms with E-state index in [0.29, 0.717) is 13.1 Å². The van der Waals surface area contributed by atoms with Crippen molar-refractivity contribution in [2.45, 2.75) is 51.1 Å². The van der Waals surface area contributed by atoms with E-state index in [0.717, 1.165) is 71.4 Å². The highest BCUT2D eigenvalue weighted by Crippen LogP contribution is 2.47. The Morgan fingerprint density at radius 3 is 2.55 bits per heavy atom. The first kappa shape index (κ1) is 20.3. The predicted octanol–water partition coefficient (Wildman–Crippen LogP) is 0.787. The SMILES string of the molecule is O=C(NCCN1CCOCC1)C1CCC(NC(=O)C2(Cn3cccn3)CC2)CC1. The van der Waals surface area contributed by atoms with Crippen molar-refractivity contribution in [3.8, 4) is 0 Å². The number of amides is 2. The van der Waals surface area contributed by atoms with Crippen LogP contribution in [0.15, 0.2) is 18.5 Å². The molecule has 2 amide bonds. The fourth-order valence-electron chi connectivity index (χ4n) is 4.46. The molecule has 3 fully saturated rings. The van der Waals surface area contributed by atoms with Gasteiger partial charge >= 0.3 is 0 Å². The van der Waals surface area contributed by atoms with E-state index >= 15 is 0 Å². The summed E-state index contributed by atoms with van der Waals surface area (Å²) < 4.78 is 7.20. The van der Waals surface area contributed by atoms with E-state index in [4.69, 9.17) is 4.74 Å². The Kier molecular flexibility index (Phi) is 6.50. The van der Waals surface area contributed by atoms with Crippen LogP contribution in [0.25, 0.3) is 0 Å². The van der Waals surface area contributed by atoms with Crippen LogP contribution in [-0.2, 0) is 20.9 Å². The van der Waals surface area contributed by atoms with Crippen LogP contribution in [0.2, 0.25) is 0 Å². The Bertz CT molecular complexity index is 674. The van der Waals surface area contributed by atoms with Crippen molar-refractivity contribution < 1.29 is 14.3 Å². The first-order valence-electron chi connectivity index (χ1n) is 11.0. The van der Waals surface area contributed by atoms with Crippen LogP contribution in [0, 0.1) is 11.3 Å². The maximum Gasteiger partial charge on any atom is 0.228 e. The summed E-state index contributed by atoms with van der Waals surface area (Å²) in [6.45, 7) is 5.71. The summed E-state index contributed by atoms with van der Waals surface area (Å²) in [6.07, 6.45) is 8.98. The highest BCUT2D eigenvalue weighted by Gasteiger charge is 2.50. The molecule has 0 unspecified atom stereocenters. The first-order chi connectivity index (χ1) is 14.1. The van der Waals surface area contributed by atoms with Gasteiger partial charge in [0.2, 0.25) is 11.8 Å². The minimum absolute atomic E-state index is 0.0757. The maximum atomic E-state index is 12.8. The molecule has 2 N–H and O–H groups in total. The minimum atomic E-state index is -0.278. The molecule has 4 rings (SSSR count). The molecule has 2 heterocycles. The van der Waals surface area contributed by atoms with Gasteiger partial charge in [-0.3, -0.25) is 19.2 Å². The number of hydrogen-bond donors (Lipinski definition) is 2. The minimum Gasteiger partial charge on any atom is -0.379 e.